The molecule has 230 valence electrons. The number of fused-ring (bicyclic) bond motifs is 2. The van der Waals surface area contributed by atoms with Crippen molar-refractivity contribution in [2.75, 3.05) is 23.5 Å². The minimum atomic E-state index is -3.69. The van der Waals surface area contributed by atoms with Crippen LogP contribution in [0.5, 0.6) is 5.75 Å². The molecule has 0 fully saturated rings. The number of anilines is 1. The third kappa shape index (κ3) is 7.86. The number of thiazole rings is 1. The number of rotatable bonds is 13. The van der Waals surface area contributed by atoms with Gasteiger partial charge in [0.15, 0.2) is 5.75 Å². The Hall–Kier alpha value is -3.72. The normalized spacial score (nSPS) is 14.2. The summed E-state index contributed by atoms with van der Waals surface area (Å²) in [6, 6.07) is 23.9. The van der Waals surface area contributed by atoms with Gasteiger partial charge in [-0.3, -0.25) is 4.79 Å². The van der Waals surface area contributed by atoms with Crippen LogP contribution in [0.3, 0.4) is 0 Å². The Morgan fingerprint density at radius 2 is 1.89 bits per heavy atom. The van der Waals surface area contributed by atoms with Gasteiger partial charge in [0, 0.05) is 42.6 Å². The van der Waals surface area contributed by atoms with Gasteiger partial charge >= 0.3 is 0 Å². The Bertz CT molecular complexity index is 1800. The lowest BCUT2D eigenvalue weighted by Crippen LogP contribution is -2.45. The highest BCUT2D eigenvalue weighted by atomic mass is 32.2. The summed E-state index contributed by atoms with van der Waals surface area (Å²) in [5.41, 5.74) is 4.89. The van der Waals surface area contributed by atoms with Crippen LogP contribution in [0, 0.1) is 0 Å². The highest BCUT2D eigenvalue weighted by molar-refractivity contribution is 7.94. The van der Waals surface area contributed by atoms with Crippen LogP contribution in [0.15, 0.2) is 90.3 Å². The van der Waals surface area contributed by atoms with Gasteiger partial charge in [-0.1, -0.05) is 71.8 Å². The van der Waals surface area contributed by atoms with Crippen molar-refractivity contribution in [3.8, 4) is 16.9 Å². The third-order valence-corrected chi connectivity index (χ3v) is 9.11. The first-order valence-corrected chi connectivity index (χ1v) is 17.5. The number of hydrogen-bond acceptors (Lipinski definition) is 10. The quantitative estimate of drug-likeness (QED) is 0.0595. The maximum Gasteiger partial charge on any atom is 0.299 e. The van der Waals surface area contributed by atoms with E-state index in [0.29, 0.717) is 31.0 Å². The van der Waals surface area contributed by atoms with E-state index in [0.717, 1.165) is 61.7 Å². The summed E-state index contributed by atoms with van der Waals surface area (Å²) in [5.74, 6) is 1.36. The molecule has 10 nitrogen and oxygen atoms in total. The van der Waals surface area contributed by atoms with Gasteiger partial charge in [0.1, 0.15) is 4.70 Å². The summed E-state index contributed by atoms with van der Waals surface area (Å²) in [6.07, 6.45) is 6.35. The molecule has 44 heavy (non-hydrogen) atoms. The minimum absolute atomic E-state index is 0.149. The Labute approximate surface area is 264 Å². The zero-order valence-corrected chi connectivity index (χ0v) is 26.6. The van der Waals surface area contributed by atoms with Crippen LogP contribution in [0.1, 0.15) is 24.8 Å². The van der Waals surface area contributed by atoms with Crippen molar-refractivity contribution >= 4 is 61.3 Å². The Kier molecular flexibility index (Phi) is 10.4. The number of amides is 1. The van der Waals surface area contributed by atoms with E-state index >= 15 is 0 Å². The number of para-hydroxylation sites is 1. The number of nitrogens with zero attached hydrogens (tertiary/aromatic N) is 2. The second-order valence-electron chi connectivity index (χ2n) is 9.97. The number of carbonyl (C=O) groups is 1. The molecule has 0 spiro atoms. The van der Waals surface area contributed by atoms with Crippen molar-refractivity contribution in [2.24, 2.45) is 0 Å². The number of sulfonamides is 1. The predicted octanol–water partition coefficient (Wildman–Crippen LogP) is 5.92. The Morgan fingerprint density at radius 3 is 2.64 bits per heavy atom. The lowest BCUT2D eigenvalue weighted by Gasteiger charge is -2.19. The van der Waals surface area contributed by atoms with Crippen molar-refractivity contribution in [1.29, 1.82) is 0 Å². The zero-order chi connectivity index (χ0) is 31.1. The molecule has 4 aromatic rings. The van der Waals surface area contributed by atoms with Gasteiger partial charge in [-0.15, -0.1) is 4.33 Å². The molecule has 1 amide bonds. The third-order valence-electron chi connectivity index (χ3n) is 6.79. The molecule has 0 saturated heterocycles. The Balaban J connectivity index is 1.50. The average molecular weight is 655 g/mol. The van der Waals surface area contributed by atoms with Gasteiger partial charge in [-0.2, -0.15) is 4.57 Å². The van der Waals surface area contributed by atoms with Crippen LogP contribution in [0.25, 0.3) is 27.4 Å². The Morgan fingerprint density at radius 1 is 1.11 bits per heavy atom. The molecular weight excluding hydrogens is 623 g/mol. The van der Waals surface area contributed by atoms with E-state index in [4.69, 9.17) is 9.99 Å². The highest BCUT2D eigenvalue weighted by Crippen LogP contribution is 2.42. The van der Waals surface area contributed by atoms with Crippen molar-refractivity contribution in [3.63, 3.8) is 0 Å². The smallest absolute Gasteiger partial charge is 0.299 e. The van der Waals surface area contributed by atoms with Crippen LogP contribution in [0.4, 0.5) is 5.69 Å². The number of hydrogen-bond donors (Lipinski definition) is 2. The lowest BCUT2D eigenvalue weighted by atomic mass is 10.0. The monoisotopic (exact) mass is 654 g/mol. The molecule has 0 aliphatic carbocycles. The minimum Gasteiger partial charge on any atom is -0.439 e. The van der Waals surface area contributed by atoms with E-state index in [1.807, 2.05) is 78.2 Å². The number of aromatic nitrogens is 1. The molecular formula is C31H32N3O7S3+. The molecule has 0 radical (unpaired) electrons. The number of ether oxygens (including phenoxy) is 1. The molecule has 5 rings (SSSR count). The van der Waals surface area contributed by atoms with E-state index < -0.39 is 15.9 Å². The SMILES string of the molecule is CCC(/C=C1\Oc2ccc(-c3ccccc3)cc2N1CCCSOOO)=C\c1sc2ccccc2[n+]1CC(=O)NS(C)(=O)=O. The standard InChI is InChI=1S/C31H31N3O7S3/c1-3-22(19-31-34(21-29(35)32-44(2,37)38)25-12-7-8-13-28(25)43-31)18-30-33(16-9-17-42-41-40-36)26-20-24(14-15-27(26)39-30)23-10-5-4-6-11-23/h4-8,10-15,18-20H,3,9,16-17,21H2,1-2H3,(H-,32,35,36)/p+1. The number of benzene rings is 3. The van der Waals surface area contributed by atoms with Gasteiger partial charge in [0.25, 0.3) is 10.9 Å². The first-order valence-electron chi connectivity index (χ1n) is 13.8. The maximum atomic E-state index is 12.6. The fraction of sp³-hybridized carbons (Fsp3) is 0.226. The summed E-state index contributed by atoms with van der Waals surface area (Å²) in [7, 11) is -3.69. The van der Waals surface area contributed by atoms with E-state index in [1.165, 1.54) is 11.3 Å². The van der Waals surface area contributed by atoms with Crippen molar-refractivity contribution in [3.05, 3.63) is 95.3 Å². The second kappa shape index (κ2) is 14.4. The van der Waals surface area contributed by atoms with Crippen molar-refractivity contribution in [1.82, 2.24) is 4.72 Å². The summed E-state index contributed by atoms with van der Waals surface area (Å²) < 4.78 is 39.2. The van der Waals surface area contributed by atoms with E-state index in [-0.39, 0.29) is 6.54 Å². The summed E-state index contributed by atoms with van der Waals surface area (Å²) in [4.78, 5) is 14.7. The average Bonchev–Trinajstić information content (AvgIpc) is 3.52. The van der Waals surface area contributed by atoms with Gasteiger partial charge in [-0.25, -0.2) is 18.4 Å². The molecule has 1 aliphatic rings. The van der Waals surface area contributed by atoms with Crippen molar-refractivity contribution in [2.45, 2.75) is 26.3 Å². The van der Waals surface area contributed by atoms with Gasteiger partial charge in [0.2, 0.25) is 28.0 Å². The first kappa shape index (κ1) is 31.7. The fourth-order valence-electron chi connectivity index (χ4n) is 4.86. The summed E-state index contributed by atoms with van der Waals surface area (Å²) in [6.45, 7) is 2.51. The molecule has 13 heteroatoms. The molecule has 0 unspecified atom stereocenters. The second-order valence-corrected chi connectivity index (χ2v) is 13.6. The van der Waals surface area contributed by atoms with E-state index in [1.54, 1.807) is 0 Å². The number of allylic oxidation sites excluding steroid dienone is 2. The fourth-order valence-corrected chi connectivity index (χ4v) is 6.83. The van der Waals surface area contributed by atoms with Crippen molar-refractivity contribution < 1.29 is 37.1 Å². The first-order chi connectivity index (χ1) is 21.3. The topological polar surface area (TPSA) is 118 Å². The maximum absolute atomic E-state index is 12.6. The molecule has 0 bridgehead atoms. The molecule has 2 N–H and O–H groups in total. The molecule has 0 saturated carbocycles. The molecule has 1 aromatic heterocycles. The molecule has 1 aliphatic heterocycles. The summed E-state index contributed by atoms with van der Waals surface area (Å²) in [5, 5.41) is 13.0. The van der Waals surface area contributed by atoms with Crippen LogP contribution in [0.2, 0.25) is 0 Å². The van der Waals surface area contributed by atoms with Crippen LogP contribution >= 0.6 is 23.4 Å². The molecule has 0 atom stereocenters. The summed E-state index contributed by atoms with van der Waals surface area (Å²) >= 11 is 2.53. The number of nitrogens with one attached hydrogen (secondary N) is 1. The largest absolute Gasteiger partial charge is 0.439 e. The van der Waals surface area contributed by atoms with Gasteiger partial charge in [-0.05, 0) is 47.7 Å². The van der Waals surface area contributed by atoms with Crippen LogP contribution in [-0.4, -0.2) is 38.1 Å². The van der Waals surface area contributed by atoms with E-state index in [2.05, 4.69) is 37.2 Å². The lowest BCUT2D eigenvalue weighted by molar-refractivity contribution is -0.655. The van der Waals surface area contributed by atoms with Gasteiger partial charge in [0.05, 0.1) is 11.9 Å². The molecule has 2 heterocycles. The van der Waals surface area contributed by atoms with Crippen LogP contribution in [-0.2, 0) is 30.7 Å². The van der Waals surface area contributed by atoms with Crippen LogP contribution < -0.4 is 18.9 Å². The zero-order valence-electron chi connectivity index (χ0n) is 24.1. The van der Waals surface area contributed by atoms with E-state index in [9.17, 15) is 13.2 Å². The highest BCUT2D eigenvalue weighted by Gasteiger charge is 2.28. The van der Waals surface area contributed by atoms with Gasteiger partial charge < -0.3 is 9.64 Å². The number of carbonyl (C=O) groups excluding carboxylic acids is 1. The molecule has 3 aromatic carbocycles. The predicted molar refractivity (Wildman–Crippen MR) is 173 cm³/mol.